The minimum absolute atomic E-state index is 0.176. The highest BCUT2D eigenvalue weighted by Gasteiger charge is 2.18. The standard InChI is InChI=1S/C16H19NO2/c1-16(18,11-17)12-19-15-9-7-14(8-10-15)13-5-3-2-4-6-13/h2-10,18H,11-12,17H2,1H3. The molecule has 0 saturated carbocycles. The van der Waals surface area contributed by atoms with Crippen LogP contribution in [0.5, 0.6) is 5.75 Å². The van der Waals surface area contributed by atoms with Gasteiger partial charge in [-0.2, -0.15) is 0 Å². The molecule has 0 spiro atoms. The molecular formula is C16H19NO2. The molecule has 0 bridgehead atoms. The fourth-order valence-electron chi connectivity index (χ4n) is 1.67. The Balaban J connectivity index is 2.03. The molecule has 0 amide bonds. The van der Waals surface area contributed by atoms with Crippen LogP contribution in [0.4, 0.5) is 0 Å². The summed E-state index contributed by atoms with van der Waals surface area (Å²) in [5.74, 6) is 0.730. The van der Waals surface area contributed by atoms with Gasteiger partial charge in [-0.3, -0.25) is 0 Å². The molecule has 1 unspecified atom stereocenters. The zero-order chi connectivity index (χ0) is 13.7. The fourth-order valence-corrected chi connectivity index (χ4v) is 1.67. The van der Waals surface area contributed by atoms with E-state index in [-0.39, 0.29) is 13.2 Å². The van der Waals surface area contributed by atoms with Gasteiger partial charge in [0, 0.05) is 6.54 Å². The lowest BCUT2D eigenvalue weighted by Gasteiger charge is -2.21. The van der Waals surface area contributed by atoms with Crippen LogP contribution >= 0.6 is 0 Å². The van der Waals surface area contributed by atoms with Gasteiger partial charge in [0.05, 0.1) is 0 Å². The number of ether oxygens (including phenoxy) is 1. The monoisotopic (exact) mass is 257 g/mol. The first-order valence-electron chi connectivity index (χ1n) is 6.31. The fraction of sp³-hybridized carbons (Fsp3) is 0.250. The first-order chi connectivity index (χ1) is 9.11. The van der Waals surface area contributed by atoms with Gasteiger partial charge in [0.1, 0.15) is 18.0 Å². The Labute approximate surface area is 113 Å². The first kappa shape index (κ1) is 13.6. The number of aliphatic hydroxyl groups is 1. The van der Waals surface area contributed by atoms with Crippen LogP contribution in [0.2, 0.25) is 0 Å². The Morgan fingerprint density at radius 3 is 2.16 bits per heavy atom. The highest BCUT2D eigenvalue weighted by molar-refractivity contribution is 5.63. The van der Waals surface area contributed by atoms with Crippen molar-refractivity contribution in [3.63, 3.8) is 0 Å². The van der Waals surface area contributed by atoms with E-state index in [1.54, 1.807) is 6.92 Å². The van der Waals surface area contributed by atoms with E-state index in [9.17, 15) is 5.11 Å². The molecule has 0 aromatic heterocycles. The van der Waals surface area contributed by atoms with E-state index in [4.69, 9.17) is 10.5 Å². The smallest absolute Gasteiger partial charge is 0.119 e. The molecule has 2 aromatic rings. The normalized spacial score (nSPS) is 13.8. The highest BCUT2D eigenvalue weighted by Crippen LogP contribution is 2.22. The average Bonchev–Trinajstić information content (AvgIpc) is 2.47. The van der Waals surface area contributed by atoms with Crippen LogP contribution in [0, 0.1) is 0 Å². The summed E-state index contributed by atoms with van der Waals surface area (Å²) in [7, 11) is 0. The third-order valence-corrected chi connectivity index (χ3v) is 2.95. The van der Waals surface area contributed by atoms with Gasteiger partial charge in [-0.15, -0.1) is 0 Å². The van der Waals surface area contributed by atoms with E-state index in [1.807, 2.05) is 42.5 Å². The van der Waals surface area contributed by atoms with Gasteiger partial charge in [-0.1, -0.05) is 42.5 Å². The summed E-state index contributed by atoms with van der Waals surface area (Å²) >= 11 is 0. The van der Waals surface area contributed by atoms with Crippen molar-refractivity contribution in [3.05, 3.63) is 54.6 Å². The number of nitrogens with two attached hydrogens (primary N) is 1. The molecule has 0 aliphatic rings. The Kier molecular flexibility index (Phi) is 4.20. The molecule has 100 valence electrons. The molecule has 0 fully saturated rings. The van der Waals surface area contributed by atoms with E-state index in [1.165, 1.54) is 5.56 Å². The second-order valence-electron chi connectivity index (χ2n) is 4.88. The van der Waals surface area contributed by atoms with Gasteiger partial charge >= 0.3 is 0 Å². The summed E-state index contributed by atoms with van der Waals surface area (Å²) in [5, 5.41) is 9.77. The average molecular weight is 257 g/mol. The Morgan fingerprint density at radius 2 is 1.58 bits per heavy atom. The highest BCUT2D eigenvalue weighted by atomic mass is 16.5. The second kappa shape index (κ2) is 5.87. The van der Waals surface area contributed by atoms with Crippen molar-refractivity contribution in [1.29, 1.82) is 0 Å². The molecule has 2 aromatic carbocycles. The van der Waals surface area contributed by atoms with Crippen molar-refractivity contribution in [2.24, 2.45) is 5.73 Å². The van der Waals surface area contributed by atoms with Crippen LogP contribution in [-0.4, -0.2) is 23.9 Å². The maximum absolute atomic E-state index is 9.77. The van der Waals surface area contributed by atoms with Crippen LogP contribution in [0.15, 0.2) is 54.6 Å². The van der Waals surface area contributed by atoms with Crippen molar-refractivity contribution in [2.45, 2.75) is 12.5 Å². The number of hydrogen-bond donors (Lipinski definition) is 2. The summed E-state index contributed by atoms with van der Waals surface area (Å²) in [6.45, 7) is 2.02. The van der Waals surface area contributed by atoms with Gasteiger partial charge in [0.25, 0.3) is 0 Å². The third-order valence-electron chi connectivity index (χ3n) is 2.95. The molecule has 3 heteroatoms. The quantitative estimate of drug-likeness (QED) is 0.865. The molecule has 1 atom stereocenters. The van der Waals surface area contributed by atoms with Crippen molar-refractivity contribution in [1.82, 2.24) is 0 Å². The van der Waals surface area contributed by atoms with Gasteiger partial charge in [-0.05, 0) is 30.2 Å². The van der Waals surface area contributed by atoms with Gasteiger partial charge in [-0.25, -0.2) is 0 Å². The largest absolute Gasteiger partial charge is 0.491 e. The Morgan fingerprint density at radius 1 is 1.00 bits per heavy atom. The summed E-state index contributed by atoms with van der Waals surface area (Å²) < 4.78 is 5.52. The molecule has 19 heavy (non-hydrogen) atoms. The van der Waals surface area contributed by atoms with Crippen molar-refractivity contribution in [2.75, 3.05) is 13.2 Å². The lowest BCUT2D eigenvalue weighted by Crippen LogP contribution is -2.40. The summed E-state index contributed by atoms with van der Waals surface area (Å²) in [4.78, 5) is 0. The maximum atomic E-state index is 9.77. The lowest BCUT2D eigenvalue weighted by molar-refractivity contribution is 0.0196. The molecule has 3 N–H and O–H groups in total. The van der Waals surface area contributed by atoms with Crippen LogP contribution in [0.25, 0.3) is 11.1 Å². The van der Waals surface area contributed by atoms with E-state index in [0.29, 0.717) is 0 Å². The van der Waals surface area contributed by atoms with E-state index in [0.717, 1.165) is 11.3 Å². The van der Waals surface area contributed by atoms with Crippen molar-refractivity contribution < 1.29 is 9.84 Å². The second-order valence-corrected chi connectivity index (χ2v) is 4.88. The molecule has 0 aliphatic heterocycles. The van der Waals surface area contributed by atoms with E-state index in [2.05, 4.69) is 12.1 Å². The summed E-state index contributed by atoms with van der Waals surface area (Å²) in [6.07, 6.45) is 0. The van der Waals surface area contributed by atoms with Gasteiger partial charge < -0.3 is 15.6 Å². The first-order valence-corrected chi connectivity index (χ1v) is 6.31. The third kappa shape index (κ3) is 3.81. The molecular weight excluding hydrogens is 238 g/mol. The van der Waals surface area contributed by atoms with Crippen LogP contribution < -0.4 is 10.5 Å². The van der Waals surface area contributed by atoms with Gasteiger partial charge in [0.15, 0.2) is 0 Å². The molecule has 3 nitrogen and oxygen atoms in total. The number of benzene rings is 2. The van der Waals surface area contributed by atoms with Crippen LogP contribution in [0.3, 0.4) is 0 Å². The van der Waals surface area contributed by atoms with Crippen molar-refractivity contribution in [3.8, 4) is 16.9 Å². The molecule has 0 saturated heterocycles. The number of hydrogen-bond acceptors (Lipinski definition) is 3. The Bertz CT molecular complexity index is 506. The van der Waals surface area contributed by atoms with E-state index < -0.39 is 5.60 Å². The van der Waals surface area contributed by atoms with Gasteiger partial charge in [0.2, 0.25) is 0 Å². The molecule has 2 rings (SSSR count). The minimum atomic E-state index is -0.988. The topological polar surface area (TPSA) is 55.5 Å². The van der Waals surface area contributed by atoms with Crippen LogP contribution in [0.1, 0.15) is 6.92 Å². The molecule has 0 heterocycles. The predicted molar refractivity (Wildman–Crippen MR) is 77.1 cm³/mol. The minimum Gasteiger partial charge on any atom is -0.491 e. The Hall–Kier alpha value is -1.84. The molecule has 0 aliphatic carbocycles. The summed E-state index contributed by atoms with van der Waals surface area (Å²) in [6, 6.07) is 17.9. The zero-order valence-electron chi connectivity index (χ0n) is 11.0. The van der Waals surface area contributed by atoms with Crippen LogP contribution in [-0.2, 0) is 0 Å². The SMILES string of the molecule is CC(O)(CN)COc1ccc(-c2ccccc2)cc1. The lowest BCUT2D eigenvalue weighted by atomic mass is 10.1. The predicted octanol–water partition coefficient (Wildman–Crippen LogP) is 2.44. The summed E-state index contributed by atoms with van der Waals surface area (Å²) in [5.41, 5.74) is 6.76. The van der Waals surface area contributed by atoms with Crippen molar-refractivity contribution >= 4 is 0 Å². The zero-order valence-corrected chi connectivity index (χ0v) is 11.0. The molecule has 0 radical (unpaired) electrons. The van der Waals surface area contributed by atoms with E-state index >= 15 is 0 Å². The maximum Gasteiger partial charge on any atom is 0.119 e. The number of rotatable bonds is 5.